The molecule has 0 N–H and O–H groups in total. The van der Waals surface area contributed by atoms with Gasteiger partial charge in [-0.3, -0.25) is 0 Å². The maximum absolute atomic E-state index is 15.8. The van der Waals surface area contributed by atoms with E-state index in [1.54, 1.807) is 10.9 Å². The van der Waals surface area contributed by atoms with Gasteiger partial charge in [0.1, 0.15) is 35.2 Å². The second-order valence-corrected chi connectivity index (χ2v) is 10.3. The fourth-order valence-corrected chi connectivity index (χ4v) is 5.67. The van der Waals surface area contributed by atoms with Crippen LogP contribution in [0.4, 0.5) is 18.9 Å². The molecule has 1 aromatic heterocycles. The van der Waals surface area contributed by atoms with Crippen LogP contribution in [0.25, 0.3) is 11.3 Å². The molecular weight excluding hydrogens is 539 g/mol. The van der Waals surface area contributed by atoms with Crippen molar-refractivity contribution in [1.29, 1.82) is 0 Å². The van der Waals surface area contributed by atoms with Crippen LogP contribution >= 0.6 is 15.9 Å². The van der Waals surface area contributed by atoms with E-state index in [0.29, 0.717) is 27.5 Å². The number of anilines is 1. The number of ether oxygens (including phenoxy) is 2. The van der Waals surface area contributed by atoms with Crippen LogP contribution in [-0.4, -0.2) is 38.6 Å². The largest absolute Gasteiger partial charge is 0.363 e. The van der Waals surface area contributed by atoms with Gasteiger partial charge in [0.2, 0.25) is 0 Å². The zero-order valence-electron chi connectivity index (χ0n) is 18.0. The van der Waals surface area contributed by atoms with Crippen LogP contribution in [0.5, 0.6) is 0 Å². The number of sulfonamides is 1. The zero-order chi connectivity index (χ0) is 24.5. The van der Waals surface area contributed by atoms with Crippen molar-refractivity contribution in [1.82, 2.24) is 9.78 Å². The third-order valence-electron chi connectivity index (χ3n) is 5.35. The summed E-state index contributed by atoms with van der Waals surface area (Å²) in [6.07, 6.45) is 4.07. The van der Waals surface area contributed by atoms with Crippen molar-refractivity contribution in [2.24, 2.45) is 0 Å². The first-order valence-electron chi connectivity index (χ1n) is 10.4. The highest BCUT2D eigenvalue weighted by Gasteiger charge is 2.32. The van der Waals surface area contributed by atoms with Crippen LogP contribution in [0.1, 0.15) is 25.5 Å². The Bertz CT molecular complexity index is 1300. The number of hydrogen-bond acceptors (Lipinski definition) is 5. The average molecular weight is 560 g/mol. The molecule has 1 unspecified atom stereocenters. The molecule has 3 aromatic rings. The Balaban J connectivity index is 1.78. The van der Waals surface area contributed by atoms with Gasteiger partial charge in [-0.2, -0.15) is 5.10 Å². The number of hydrogen-bond donors (Lipinski definition) is 0. The molecule has 0 radical (unpaired) electrons. The fourth-order valence-electron chi connectivity index (χ4n) is 3.71. The van der Waals surface area contributed by atoms with Crippen molar-refractivity contribution >= 4 is 31.6 Å². The molecule has 4 rings (SSSR count). The van der Waals surface area contributed by atoms with Crippen molar-refractivity contribution < 1.29 is 31.1 Å². The normalized spacial score (nSPS) is 16.6. The van der Waals surface area contributed by atoms with Gasteiger partial charge >= 0.3 is 0 Å². The topological polar surface area (TPSA) is 73.7 Å². The number of halogens is 4. The molecule has 34 heavy (non-hydrogen) atoms. The van der Waals surface area contributed by atoms with E-state index in [0.717, 1.165) is 25.3 Å². The van der Waals surface area contributed by atoms with Gasteiger partial charge in [-0.05, 0) is 65.5 Å². The van der Waals surface area contributed by atoms with Crippen molar-refractivity contribution in [3.63, 3.8) is 0 Å². The molecule has 0 amide bonds. The van der Waals surface area contributed by atoms with E-state index >= 15 is 4.39 Å². The zero-order valence-corrected chi connectivity index (χ0v) is 20.5. The Morgan fingerprint density at radius 1 is 1.24 bits per heavy atom. The maximum Gasteiger partial charge on any atom is 0.269 e. The van der Waals surface area contributed by atoms with E-state index in [4.69, 9.17) is 9.47 Å². The summed E-state index contributed by atoms with van der Waals surface area (Å²) < 4.78 is 83.5. The molecule has 0 aliphatic carbocycles. The second kappa shape index (κ2) is 10.1. The van der Waals surface area contributed by atoms with Gasteiger partial charge < -0.3 is 9.47 Å². The van der Waals surface area contributed by atoms with Crippen LogP contribution < -0.4 is 4.31 Å². The fraction of sp³-hybridized carbons (Fsp3) is 0.318. The van der Waals surface area contributed by atoms with Gasteiger partial charge in [-0.15, -0.1) is 0 Å². The molecule has 0 spiro atoms. The predicted octanol–water partition coefficient (Wildman–Crippen LogP) is 5.23. The minimum atomic E-state index is -4.72. The average Bonchev–Trinajstić information content (AvgIpc) is 3.21. The number of rotatable bonds is 7. The summed E-state index contributed by atoms with van der Waals surface area (Å²) in [5.41, 5.74) is -0.159. The molecule has 182 valence electrons. The van der Waals surface area contributed by atoms with E-state index in [2.05, 4.69) is 21.0 Å². The third kappa shape index (κ3) is 4.72. The monoisotopic (exact) mass is 559 g/mol. The van der Waals surface area contributed by atoms with Crippen molar-refractivity contribution in [2.75, 3.05) is 24.8 Å². The Hall–Kier alpha value is -2.41. The maximum atomic E-state index is 15.8. The summed E-state index contributed by atoms with van der Waals surface area (Å²) >= 11 is 3.39. The molecule has 1 saturated heterocycles. The number of methoxy groups -OCH3 is 1. The van der Waals surface area contributed by atoms with Crippen LogP contribution in [-0.2, 0) is 19.5 Å². The van der Waals surface area contributed by atoms with E-state index < -0.39 is 44.8 Å². The molecule has 7 nitrogen and oxygen atoms in total. The Morgan fingerprint density at radius 2 is 2.03 bits per heavy atom. The lowest BCUT2D eigenvalue weighted by molar-refractivity contribution is -0.0394. The highest BCUT2D eigenvalue weighted by atomic mass is 79.9. The smallest absolute Gasteiger partial charge is 0.269 e. The minimum Gasteiger partial charge on any atom is -0.363 e. The first kappa shape index (κ1) is 24.7. The minimum absolute atomic E-state index is 0.00921. The van der Waals surface area contributed by atoms with Gasteiger partial charge in [0.15, 0.2) is 5.82 Å². The van der Waals surface area contributed by atoms with E-state index in [9.17, 15) is 17.2 Å². The molecule has 0 bridgehead atoms. The molecule has 1 fully saturated rings. The SMILES string of the molecule is COCN(c1cccc(-c2nn(C3CCCCO3)cc2Br)c1F)S(=O)(=O)c1cc(F)ccc1F. The lowest BCUT2D eigenvalue weighted by Gasteiger charge is -2.25. The second-order valence-electron chi connectivity index (χ2n) is 7.61. The van der Waals surface area contributed by atoms with Crippen molar-refractivity contribution in [2.45, 2.75) is 30.4 Å². The molecule has 1 aliphatic rings. The molecular formula is C22H21BrF3N3O4S. The molecule has 12 heteroatoms. The summed E-state index contributed by atoms with van der Waals surface area (Å²) in [5, 5.41) is 4.45. The summed E-state index contributed by atoms with van der Waals surface area (Å²) in [5.74, 6) is -3.05. The third-order valence-corrected chi connectivity index (χ3v) is 7.68. The van der Waals surface area contributed by atoms with Gasteiger partial charge in [-0.1, -0.05) is 6.07 Å². The van der Waals surface area contributed by atoms with Gasteiger partial charge in [0.25, 0.3) is 10.0 Å². The first-order chi connectivity index (χ1) is 16.2. The Labute approximate surface area is 203 Å². The standard InChI is InChI=1S/C22H21BrF3N3O4S/c1-32-13-29(34(30,31)19-11-14(24)8-9-17(19)25)18-6-4-5-15(21(18)26)22-16(23)12-28(27-22)20-7-2-3-10-33-20/h4-6,8-9,11-12,20H,2-3,7,10,13H2,1H3. The lowest BCUT2D eigenvalue weighted by atomic mass is 10.1. The van der Waals surface area contributed by atoms with Crippen molar-refractivity contribution in [3.05, 3.63) is 64.5 Å². The molecule has 2 aromatic carbocycles. The van der Waals surface area contributed by atoms with Gasteiger partial charge in [0.05, 0.1) is 10.2 Å². The summed E-state index contributed by atoms with van der Waals surface area (Å²) in [7, 11) is -3.51. The van der Waals surface area contributed by atoms with Gasteiger partial charge in [-0.25, -0.2) is 30.6 Å². The summed E-state index contributed by atoms with van der Waals surface area (Å²) in [4.78, 5) is -0.936. The molecule has 2 heterocycles. The quantitative estimate of drug-likeness (QED) is 0.371. The number of aromatic nitrogens is 2. The van der Waals surface area contributed by atoms with Crippen LogP contribution in [0, 0.1) is 17.5 Å². The van der Waals surface area contributed by atoms with Crippen molar-refractivity contribution in [3.8, 4) is 11.3 Å². The number of benzene rings is 2. The van der Waals surface area contributed by atoms with E-state index in [-0.39, 0.29) is 17.5 Å². The Morgan fingerprint density at radius 3 is 2.74 bits per heavy atom. The highest BCUT2D eigenvalue weighted by molar-refractivity contribution is 9.10. The summed E-state index contributed by atoms with van der Waals surface area (Å²) in [6.45, 7) is -0.0357. The van der Waals surface area contributed by atoms with Crippen LogP contribution in [0.15, 0.2) is 52.0 Å². The summed E-state index contributed by atoms with van der Waals surface area (Å²) in [6, 6.07) is 6.12. The molecule has 1 aliphatic heterocycles. The van der Waals surface area contributed by atoms with Crippen LogP contribution in [0.3, 0.4) is 0 Å². The molecule has 0 saturated carbocycles. The van der Waals surface area contributed by atoms with E-state index in [1.807, 2.05) is 0 Å². The molecule has 1 atom stereocenters. The first-order valence-corrected chi connectivity index (χ1v) is 12.6. The lowest BCUT2D eigenvalue weighted by Crippen LogP contribution is -2.34. The number of nitrogens with zero attached hydrogens (tertiary/aromatic N) is 3. The predicted molar refractivity (Wildman–Crippen MR) is 122 cm³/mol. The Kier molecular flexibility index (Phi) is 7.31. The highest BCUT2D eigenvalue weighted by Crippen LogP contribution is 2.36. The van der Waals surface area contributed by atoms with Gasteiger partial charge in [0, 0.05) is 25.5 Å². The van der Waals surface area contributed by atoms with Crippen LogP contribution in [0.2, 0.25) is 0 Å². The van der Waals surface area contributed by atoms with E-state index in [1.165, 1.54) is 25.3 Å².